The molecule has 1 aliphatic carbocycles. The van der Waals surface area contributed by atoms with Gasteiger partial charge in [-0.05, 0) is 62.3 Å². The second-order valence-electron chi connectivity index (χ2n) is 8.99. The van der Waals surface area contributed by atoms with Gasteiger partial charge in [0.1, 0.15) is 5.75 Å². The number of aliphatic hydroxyl groups is 2. The fourth-order valence-electron chi connectivity index (χ4n) is 5.26. The van der Waals surface area contributed by atoms with Gasteiger partial charge in [0.15, 0.2) is 0 Å². The molecule has 32 heavy (non-hydrogen) atoms. The predicted molar refractivity (Wildman–Crippen MR) is 123 cm³/mol. The Morgan fingerprint density at radius 2 is 1.88 bits per heavy atom. The zero-order valence-corrected chi connectivity index (χ0v) is 19.3. The summed E-state index contributed by atoms with van der Waals surface area (Å²) in [6, 6.07) is 6.99. The molecule has 3 N–H and O–H groups in total. The number of carbonyl (C=O) groups is 2. The van der Waals surface area contributed by atoms with Crippen LogP contribution in [0, 0.1) is 17.8 Å². The third-order valence-electron chi connectivity index (χ3n) is 6.88. The zero-order valence-electron chi connectivity index (χ0n) is 19.3. The van der Waals surface area contributed by atoms with E-state index >= 15 is 0 Å². The summed E-state index contributed by atoms with van der Waals surface area (Å²) >= 11 is 0. The smallest absolute Gasteiger partial charge is 0.233 e. The molecule has 6 heteroatoms. The van der Waals surface area contributed by atoms with Gasteiger partial charge in [-0.25, -0.2) is 0 Å². The maximum absolute atomic E-state index is 13.0. The normalized spacial score (nSPS) is 24.8. The second-order valence-corrected chi connectivity index (χ2v) is 8.99. The Balaban J connectivity index is 1.76. The lowest BCUT2D eigenvalue weighted by Crippen LogP contribution is -2.38. The van der Waals surface area contributed by atoms with Gasteiger partial charge >= 0.3 is 0 Å². The summed E-state index contributed by atoms with van der Waals surface area (Å²) in [4.78, 5) is 27.1. The van der Waals surface area contributed by atoms with Gasteiger partial charge in [-0.1, -0.05) is 43.2 Å². The third kappa shape index (κ3) is 4.81. The highest BCUT2D eigenvalue weighted by molar-refractivity contribution is 6.05. The topological polar surface area (TPSA) is 98.1 Å². The summed E-state index contributed by atoms with van der Waals surface area (Å²) in [7, 11) is 0. The summed E-state index contributed by atoms with van der Waals surface area (Å²) in [5.41, 5.74) is 3.80. The number of hydrogen-bond acceptors (Lipinski definition) is 5. The van der Waals surface area contributed by atoms with Crippen LogP contribution in [-0.4, -0.2) is 51.3 Å². The van der Waals surface area contributed by atoms with E-state index in [9.17, 15) is 24.9 Å². The maximum atomic E-state index is 13.0. The first kappa shape index (κ1) is 24.2. The lowest BCUT2D eigenvalue weighted by molar-refractivity contribution is -0.140. The van der Waals surface area contributed by atoms with Gasteiger partial charge in [-0.3, -0.25) is 14.5 Å². The number of phenols is 1. The molecular formula is C26H35NO5. The zero-order chi connectivity index (χ0) is 23.4. The minimum atomic E-state index is -0.772. The van der Waals surface area contributed by atoms with Crippen molar-refractivity contribution in [3.8, 4) is 5.75 Å². The van der Waals surface area contributed by atoms with E-state index < -0.39 is 23.9 Å². The molecular weight excluding hydrogens is 406 g/mol. The van der Waals surface area contributed by atoms with Gasteiger partial charge in [-0.2, -0.15) is 0 Å². The highest BCUT2D eigenvalue weighted by atomic mass is 16.3. The third-order valence-corrected chi connectivity index (χ3v) is 6.88. The van der Waals surface area contributed by atoms with Crippen molar-refractivity contribution in [1.82, 2.24) is 4.90 Å². The van der Waals surface area contributed by atoms with Gasteiger partial charge in [0.05, 0.1) is 24.5 Å². The fraction of sp³-hybridized carbons (Fsp3) is 0.538. The van der Waals surface area contributed by atoms with E-state index in [4.69, 9.17) is 0 Å². The van der Waals surface area contributed by atoms with Crippen LogP contribution in [0.25, 0.3) is 6.08 Å². The van der Waals surface area contributed by atoms with E-state index in [1.807, 2.05) is 26.0 Å². The number of imide groups is 1. The number of benzene rings is 1. The number of phenolic OH excluding ortho intramolecular Hbond substituents is 1. The molecule has 1 aromatic carbocycles. The van der Waals surface area contributed by atoms with Crippen molar-refractivity contribution >= 4 is 17.9 Å². The van der Waals surface area contributed by atoms with Crippen LogP contribution < -0.4 is 0 Å². The van der Waals surface area contributed by atoms with Crippen molar-refractivity contribution in [2.75, 3.05) is 13.2 Å². The first-order valence-electron chi connectivity index (χ1n) is 11.6. The molecule has 0 bridgehead atoms. The number of carbonyl (C=O) groups excluding carboxylic acids is 2. The summed E-state index contributed by atoms with van der Waals surface area (Å²) in [6.45, 7) is 6.05. The summed E-state index contributed by atoms with van der Waals surface area (Å²) in [6.07, 6.45) is 4.45. The molecule has 1 aromatic rings. The van der Waals surface area contributed by atoms with Gasteiger partial charge in [0.25, 0.3) is 0 Å². The molecule has 2 aliphatic rings. The van der Waals surface area contributed by atoms with Gasteiger partial charge in [0, 0.05) is 12.5 Å². The Morgan fingerprint density at radius 3 is 2.47 bits per heavy atom. The Kier molecular flexibility index (Phi) is 7.91. The average molecular weight is 442 g/mol. The highest BCUT2D eigenvalue weighted by Crippen LogP contribution is 2.46. The molecule has 174 valence electrons. The molecule has 0 aromatic heterocycles. The molecule has 0 unspecified atom stereocenters. The molecule has 1 aliphatic heterocycles. The lowest BCUT2D eigenvalue weighted by atomic mass is 9.68. The highest BCUT2D eigenvalue weighted by Gasteiger charge is 2.53. The van der Waals surface area contributed by atoms with Crippen molar-refractivity contribution in [3.05, 3.63) is 46.5 Å². The molecule has 0 spiro atoms. The number of hydrogen-bond donors (Lipinski definition) is 3. The van der Waals surface area contributed by atoms with Crippen LogP contribution >= 0.6 is 0 Å². The van der Waals surface area contributed by atoms with E-state index in [0.717, 1.165) is 23.1 Å². The molecule has 0 saturated carbocycles. The minimum absolute atomic E-state index is 0.140. The molecule has 1 heterocycles. The van der Waals surface area contributed by atoms with Gasteiger partial charge in [0.2, 0.25) is 11.8 Å². The van der Waals surface area contributed by atoms with Crippen molar-refractivity contribution in [2.24, 2.45) is 17.8 Å². The number of rotatable bonds is 9. The van der Waals surface area contributed by atoms with Crippen LogP contribution in [0.2, 0.25) is 0 Å². The van der Waals surface area contributed by atoms with Crippen molar-refractivity contribution in [3.63, 3.8) is 0 Å². The fourth-order valence-corrected chi connectivity index (χ4v) is 5.26. The Bertz CT molecular complexity index is 901. The quantitative estimate of drug-likeness (QED) is 0.401. The molecule has 1 saturated heterocycles. The van der Waals surface area contributed by atoms with Crippen LogP contribution in [0.5, 0.6) is 5.75 Å². The van der Waals surface area contributed by atoms with E-state index in [2.05, 4.69) is 13.0 Å². The molecule has 2 amide bonds. The van der Waals surface area contributed by atoms with Gasteiger partial charge < -0.3 is 15.3 Å². The first-order chi connectivity index (χ1) is 15.3. The maximum Gasteiger partial charge on any atom is 0.233 e. The van der Waals surface area contributed by atoms with Crippen LogP contribution in [0.4, 0.5) is 0 Å². The van der Waals surface area contributed by atoms with Crippen molar-refractivity contribution < 1.29 is 24.9 Å². The minimum Gasteiger partial charge on any atom is -0.508 e. The molecule has 1 fully saturated rings. The number of likely N-dealkylation sites (tertiary alicyclic amines) is 1. The summed E-state index contributed by atoms with van der Waals surface area (Å²) in [5, 5.41) is 30.7. The second kappa shape index (κ2) is 10.5. The molecule has 4 atom stereocenters. The number of aliphatic hydroxyl groups excluding tert-OH is 2. The summed E-state index contributed by atoms with van der Waals surface area (Å²) < 4.78 is 0. The number of amides is 2. The largest absolute Gasteiger partial charge is 0.508 e. The van der Waals surface area contributed by atoms with Crippen LogP contribution in [0.1, 0.15) is 58.4 Å². The van der Waals surface area contributed by atoms with E-state index in [1.165, 1.54) is 10.5 Å². The number of allylic oxidation sites excluding steroid dienone is 2. The Morgan fingerprint density at radius 1 is 1.19 bits per heavy atom. The van der Waals surface area contributed by atoms with Crippen LogP contribution in [0.15, 0.2) is 41.0 Å². The SMILES string of the molecule is CCCN1C(=O)[C@@H]2[C@@H](CC(C)=C([C@H](O)CC/C(=C/c3ccc(O)cc3)CC)[C@@H]2CO)C1=O. The monoisotopic (exact) mass is 441 g/mol. The molecule has 6 nitrogen and oxygen atoms in total. The van der Waals surface area contributed by atoms with E-state index in [1.54, 1.807) is 12.1 Å². The number of fused-ring (bicyclic) bond motifs is 1. The van der Waals surface area contributed by atoms with Crippen molar-refractivity contribution in [2.45, 2.75) is 59.0 Å². The number of nitrogens with zero attached hydrogens (tertiary/aromatic N) is 1. The van der Waals surface area contributed by atoms with E-state index in [0.29, 0.717) is 32.2 Å². The molecule has 0 radical (unpaired) electrons. The van der Waals surface area contributed by atoms with E-state index in [-0.39, 0.29) is 24.2 Å². The standard InChI is InChI=1S/C26H35NO5/c1-4-12-27-25(31)20-13-16(3)23(21(15-28)24(20)26(27)32)22(30)11-8-17(5-2)14-18-6-9-19(29)10-7-18/h6-7,9-10,14,20-22,24,28-30H,4-5,8,11-13,15H2,1-3H3/b17-14+/t20-,21+,22-,24-/m1/s1. The lowest BCUT2D eigenvalue weighted by Gasteiger charge is -2.35. The molecule has 3 rings (SSSR count). The Labute approximate surface area is 190 Å². The average Bonchev–Trinajstić information content (AvgIpc) is 3.01. The summed E-state index contributed by atoms with van der Waals surface area (Å²) in [5.74, 6) is -1.65. The van der Waals surface area contributed by atoms with Crippen LogP contribution in [-0.2, 0) is 9.59 Å². The number of aromatic hydroxyl groups is 1. The Hall–Kier alpha value is -2.44. The van der Waals surface area contributed by atoms with Gasteiger partial charge in [-0.15, -0.1) is 0 Å². The van der Waals surface area contributed by atoms with Crippen LogP contribution in [0.3, 0.4) is 0 Å². The van der Waals surface area contributed by atoms with Crippen molar-refractivity contribution in [1.29, 1.82) is 0 Å². The predicted octanol–water partition coefficient (Wildman–Crippen LogP) is 3.67. The first-order valence-corrected chi connectivity index (χ1v) is 11.6.